The molecule has 0 aliphatic carbocycles. The number of H-pyrrole nitrogens is 1. The molecule has 0 saturated carbocycles. The molecule has 0 amide bonds. The molecule has 3 aromatic heterocycles. The quantitative estimate of drug-likeness (QED) is 0.280. The van der Waals surface area contributed by atoms with E-state index >= 15 is 0 Å². The summed E-state index contributed by atoms with van der Waals surface area (Å²) < 4.78 is 121. The van der Waals surface area contributed by atoms with Gasteiger partial charge in [-0.3, -0.25) is 14.2 Å². The molecular weight excluding hydrogens is 567 g/mol. The number of benzene rings is 1. The molecule has 10 nitrogen and oxygen atoms in total. The van der Waals surface area contributed by atoms with Gasteiger partial charge in [-0.2, -0.15) is 31.4 Å². The first-order valence-electron chi connectivity index (χ1n) is 13.1. The van der Waals surface area contributed by atoms with Crippen LogP contribution in [-0.2, 0) is 23.6 Å². The predicted octanol–water partition coefficient (Wildman–Crippen LogP) is 4.02. The van der Waals surface area contributed by atoms with Crippen LogP contribution in [0.2, 0.25) is 0 Å². The van der Waals surface area contributed by atoms with Crippen molar-refractivity contribution in [2.24, 2.45) is 0 Å². The number of anilines is 1. The fourth-order valence-corrected chi connectivity index (χ4v) is 3.94. The Morgan fingerprint density at radius 3 is 2.46 bits per heavy atom. The fourth-order valence-electron chi connectivity index (χ4n) is 3.94. The van der Waals surface area contributed by atoms with Crippen LogP contribution >= 0.6 is 0 Å². The average molecular weight is 590 g/mol. The number of ether oxygens (including phenoxy) is 1. The third kappa shape index (κ3) is 6.67. The number of halogens is 7. The molecule has 1 atom stereocenters. The van der Waals surface area contributed by atoms with Crippen LogP contribution in [0.15, 0.2) is 46.6 Å². The summed E-state index contributed by atoms with van der Waals surface area (Å²) in [7, 11) is -2.88. The van der Waals surface area contributed by atoms with Crippen LogP contribution < -0.4 is 16.4 Å². The first kappa shape index (κ1) is 25.6. The van der Waals surface area contributed by atoms with Gasteiger partial charge in [0.1, 0.15) is 11.4 Å². The van der Waals surface area contributed by atoms with Crippen LogP contribution in [0.3, 0.4) is 0 Å². The van der Waals surface area contributed by atoms with Crippen molar-refractivity contribution in [3.63, 3.8) is 0 Å². The van der Waals surface area contributed by atoms with Crippen LogP contribution in [0.4, 0.5) is 36.4 Å². The van der Waals surface area contributed by atoms with Gasteiger partial charge in [-0.1, -0.05) is 0 Å². The van der Waals surface area contributed by atoms with Gasteiger partial charge in [0.15, 0.2) is 5.82 Å². The van der Waals surface area contributed by atoms with Gasteiger partial charge in [0.05, 0.1) is 51.0 Å². The lowest BCUT2D eigenvalue weighted by molar-refractivity contribution is -0.139. The molecule has 0 radical (unpaired) electrons. The molecule has 4 aromatic rings. The number of aryl methyl sites for hydroxylation is 1. The SMILES string of the molecule is [2H]C([2H])([2H])OC[C@@H](CCCn1cnc2cc(-c3ncc(C(F)(F)F)cn3)c(F)cc2c1=O)Nc1cn[nH]c(=O)c1C(F)(F)F. The van der Waals surface area contributed by atoms with Crippen molar-refractivity contribution < 1.29 is 39.6 Å². The van der Waals surface area contributed by atoms with E-state index in [-0.39, 0.29) is 41.7 Å². The topological polar surface area (TPSA) is 128 Å². The molecule has 3 heterocycles. The van der Waals surface area contributed by atoms with Crippen LogP contribution in [0.25, 0.3) is 22.3 Å². The number of hydrogen-bond acceptors (Lipinski definition) is 8. The number of fused-ring (bicyclic) bond motifs is 1. The maximum atomic E-state index is 14.9. The molecule has 17 heteroatoms. The number of methoxy groups -OCH3 is 1. The van der Waals surface area contributed by atoms with Gasteiger partial charge in [0.2, 0.25) is 0 Å². The second kappa shape index (κ2) is 11.6. The molecular formula is C24H20F7N7O3. The molecule has 0 aliphatic rings. The van der Waals surface area contributed by atoms with Crippen LogP contribution in [-0.4, -0.2) is 49.4 Å². The fraction of sp³-hybridized carbons (Fsp3) is 0.333. The van der Waals surface area contributed by atoms with Crippen LogP contribution in [0.1, 0.15) is 28.1 Å². The Kier molecular flexibility index (Phi) is 7.23. The van der Waals surface area contributed by atoms with E-state index in [1.165, 1.54) is 0 Å². The van der Waals surface area contributed by atoms with Crippen molar-refractivity contribution in [1.82, 2.24) is 29.7 Å². The molecule has 4 rings (SSSR count). The molecule has 0 saturated heterocycles. The van der Waals surface area contributed by atoms with E-state index in [2.05, 4.69) is 25.4 Å². The minimum atomic E-state index is -5.06. The first-order valence-corrected chi connectivity index (χ1v) is 11.6. The van der Waals surface area contributed by atoms with Crippen molar-refractivity contribution >= 4 is 16.6 Å². The third-order valence-corrected chi connectivity index (χ3v) is 5.87. The Hall–Kier alpha value is -4.41. The molecule has 0 aliphatic heterocycles. The normalized spacial score (nSPS) is 14.4. The number of nitrogens with one attached hydrogen (secondary N) is 2. The Bertz CT molecular complexity index is 1760. The van der Waals surface area contributed by atoms with Crippen molar-refractivity contribution in [3.8, 4) is 11.4 Å². The summed E-state index contributed by atoms with van der Waals surface area (Å²) in [6.45, 7) is -0.704. The highest BCUT2D eigenvalue weighted by Crippen LogP contribution is 2.32. The van der Waals surface area contributed by atoms with E-state index < -0.39 is 65.8 Å². The van der Waals surface area contributed by atoms with Crippen molar-refractivity contribution in [2.75, 3.05) is 19.0 Å². The number of aromatic nitrogens is 6. The highest BCUT2D eigenvalue weighted by molar-refractivity contribution is 5.82. The van der Waals surface area contributed by atoms with E-state index in [1.54, 1.807) is 5.10 Å². The summed E-state index contributed by atoms with van der Waals surface area (Å²) in [5.41, 5.74) is -5.98. The summed E-state index contributed by atoms with van der Waals surface area (Å²) in [6, 6.07) is 0.830. The van der Waals surface area contributed by atoms with Gasteiger partial charge in [0, 0.05) is 32.0 Å². The highest BCUT2D eigenvalue weighted by Gasteiger charge is 2.37. The van der Waals surface area contributed by atoms with E-state index in [1.807, 2.05) is 0 Å². The lowest BCUT2D eigenvalue weighted by atomic mass is 10.1. The zero-order chi connectivity index (χ0) is 32.4. The summed E-state index contributed by atoms with van der Waals surface area (Å²) in [4.78, 5) is 36.0. The van der Waals surface area contributed by atoms with Crippen LogP contribution in [0, 0.1) is 5.82 Å². The predicted molar refractivity (Wildman–Crippen MR) is 130 cm³/mol. The molecule has 41 heavy (non-hydrogen) atoms. The second-order valence-electron chi connectivity index (χ2n) is 8.67. The van der Waals surface area contributed by atoms with Gasteiger partial charge in [0.25, 0.3) is 11.1 Å². The standard InChI is InChI=1S/C24H20F7N7O3/c1-41-10-13(36-18-9-35-37-21(39)19(18)24(29,30)31)3-2-4-38-11-34-17-6-14(16(25)5-15(17)22(38)40)20-32-7-12(8-33-20)23(26,27)28/h5-9,11,13H,2-4,10H2,1H3,(H2,36,37,39)/t13-/m1/s1/i1D3. The Balaban J connectivity index is 1.53. The summed E-state index contributed by atoms with van der Waals surface area (Å²) in [6.07, 6.45) is -7.00. The van der Waals surface area contributed by atoms with E-state index in [4.69, 9.17) is 8.85 Å². The molecule has 0 fully saturated rings. The number of hydrogen-bond donors (Lipinski definition) is 2. The lowest BCUT2D eigenvalue weighted by Gasteiger charge is -2.21. The number of aromatic amines is 1. The van der Waals surface area contributed by atoms with Crippen molar-refractivity contribution in [1.29, 1.82) is 0 Å². The molecule has 0 bridgehead atoms. The van der Waals surface area contributed by atoms with Gasteiger partial charge in [-0.15, -0.1) is 0 Å². The summed E-state index contributed by atoms with van der Waals surface area (Å²) in [5.74, 6) is -1.38. The smallest absolute Gasteiger partial charge is 0.383 e. The molecule has 218 valence electrons. The summed E-state index contributed by atoms with van der Waals surface area (Å²) >= 11 is 0. The molecule has 0 spiro atoms. The minimum absolute atomic E-state index is 0.0155. The van der Waals surface area contributed by atoms with E-state index in [0.29, 0.717) is 18.6 Å². The van der Waals surface area contributed by atoms with Gasteiger partial charge >= 0.3 is 12.4 Å². The summed E-state index contributed by atoms with van der Waals surface area (Å²) in [5, 5.41) is 7.27. The monoisotopic (exact) mass is 590 g/mol. The highest BCUT2D eigenvalue weighted by atomic mass is 19.4. The van der Waals surface area contributed by atoms with E-state index in [9.17, 15) is 40.3 Å². The lowest BCUT2D eigenvalue weighted by Crippen LogP contribution is -2.31. The maximum Gasteiger partial charge on any atom is 0.423 e. The van der Waals surface area contributed by atoms with Crippen molar-refractivity contribution in [2.45, 2.75) is 37.8 Å². The maximum absolute atomic E-state index is 14.9. The van der Waals surface area contributed by atoms with Gasteiger partial charge in [-0.25, -0.2) is 24.4 Å². The zero-order valence-corrected chi connectivity index (χ0v) is 20.5. The number of nitrogens with zero attached hydrogens (tertiary/aromatic N) is 5. The van der Waals surface area contributed by atoms with E-state index in [0.717, 1.165) is 23.0 Å². The number of alkyl halides is 6. The zero-order valence-electron chi connectivity index (χ0n) is 23.5. The van der Waals surface area contributed by atoms with Crippen LogP contribution in [0.5, 0.6) is 0 Å². The first-order chi connectivity index (χ1) is 20.4. The molecule has 0 unspecified atom stereocenters. The van der Waals surface area contributed by atoms with Gasteiger partial charge in [-0.05, 0) is 25.0 Å². The van der Waals surface area contributed by atoms with Crippen molar-refractivity contribution in [3.05, 3.63) is 74.7 Å². The van der Waals surface area contributed by atoms with Gasteiger partial charge < -0.3 is 10.1 Å². The Morgan fingerprint density at radius 1 is 1.07 bits per heavy atom. The molecule has 1 aromatic carbocycles. The average Bonchev–Trinajstić information content (AvgIpc) is 2.91. The second-order valence-corrected chi connectivity index (χ2v) is 8.67. The Morgan fingerprint density at radius 2 is 1.80 bits per heavy atom. The molecule has 2 N–H and O–H groups in total. The number of rotatable bonds is 9. The Labute approximate surface area is 229 Å². The minimum Gasteiger partial charge on any atom is -0.383 e. The third-order valence-electron chi connectivity index (χ3n) is 5.87. The largest absolute Gasteiger partial charge is 0.423 e.